The second kappa shape index (κ2) is 10.4. The van der Waals surface area contributed by atoms with Gasteiger partial charge in [-0.2, -0.15) is 0 Å². The number of nitrogens with one attached hydrogen (secondary N) is 2. The number of aliphatic hydroxyl groups is 1. The lowest BCUT2D eigenvalue weighted by molar-refractivity contribution is -0.116. The molecule has 1 aliphatic rings. The van der Waals surface area contributed by atoms with Crippen molar-refractivity contribution in [1.82, 2.24) is 5.32 Å². The summed E-state index contributed by atoms with van der Waals surface area (Å²) < 4.78 is 10.7. The normalized spacial score (nSPS) is 15.9. The lowest BCUT2D eigenvalue weighted by Gasteiger charge is -2.27. The van der Waals surface area contributed by atoms with Gasteiger partial charge in [-0.25, -0.2) is 0 Å². The summed E-state index contributed by atoms with van der Waals surface area (Å²) >= 11 is 6.35. The average molecular weight is 455 g/mol. The van der Waals surface area contributed by atoms with Crippen LogP contribution in [-0.2, 0) is 11.2 Å². The van der Waals surface area contributed by atoms with Crippen LogP contribution in [0.3, 0.4) is 0 Å². The van der Waals surface area contributed by atoms with E-state index < -0.39 is 6.10 Å². The molecular formula is C22H28Cl2N2O4. The minimum atomic E-state index is -0.752. The summed E-state index contributed by atoms with van der Waals surface area (Å²) in [6.07, 6.45) is 0.288. The van der Waals surface area contributed by atoms with Crippen LogP contribution in [0.2, 0.25) is 5.02 Å². The number of aryl methyl sites for hydroxylation is 1. The second-order valence-corrected chi connectivity index (χ2v) is 7.73. The van der Waals surface area contributed by atoms with Crippen molar-refractivity contribution < 1.29 is 19.4 Å². The monoisotopic (exact) mass is 454 g/mol. The molecule has 2 aromatic carbocycles. The SMILES string of the molecule is COc1ccc(C(C)NC(C)C(O)c2cc(Cl)c3c(c2)CCC(=O)N3)cc1OC.Cl. The van der Waals surface area contributed by atoms with Crippen molar-refractivity contribution in [2.45, 2.75) is 44.9 Å². The Bertz CT molecular complexity index is 907. The number of amides is 1. The first-order valence-corrected chi connectivity index (χ1v) is 10.00. The van der Waals surface area contributed by atoms with Gasteiger partial charge in [-0.15, -0.1) is 12.4 Å². The molecule has 3 N–H and O–H groups in total. The van der Waals surface area contributed by atoms with Crippen LogP contribution < -0.4 is 20.1 Å². The van der Waals surface area contributed by atoms with E-state index in [1.807, 2.05) is 38.1 Å². The molecule has 0 spiro atoms. The van der Waals surface area contributed by atoms with Gasteiger partial charge in [0.2, 0.25) is 5.91 Å². The quantitative estimate of drug-likeness (QED) is 0.576. The van der Waals surface area contributed by atoms with E-state index in [9.17, 15) is 9.90 Å². The summed E-state index contributed by atoms with van der Waals surface area (Å²) in [5.41, 5.74) is 3.35. The number of methoxy groups -OCH3 is 2. The first kappa shape index (κ1) is 24.3. The number of anilines is 1. The molecular weight excluding hydrogens is 427 g/mol. The van der Waals surface area contributed by atoms with Gasteiger partial charge in [-0.1, -0.05) is 23.7 Å². The predicted octanol–water partition coefficient (Wildman–Crippen LogP) is 4.44. The molecule has 6 nitrogen and oxygen atoms in total. The summed E-state index contributed by atoms with van der Waals surface area (Å²) in [5.74, 6) is 1.30. The van der Waals surface area contributed by atoms with Crippen molar-refractivity contribution in [1.29, 1.82) is 0 Å². The Balaban J connectivity index is 0.00000320. The van der Waals surface area contributed by atoms with Crippen LogP contribution in [0.4, 0.5) is 5.69 Å². The van der Waals surface area contributed by atoms with E-state index >= 15 is 0 Å². The molecule has 0 fully saturated rings. The summed E-state index contributed by atoms with van der Waals surface area (Å²) in [5, 5.41) is 17.6. The van der Waals surface area contributed by atoms with Crippen LogP contribution in [0.1, 0.15) is 49.1 Å². The number of fused-ring (bicyclic) bond motifs is 1. The molecule has 3 unspecified atom stereocenters. The molecule has 30 heavy (non-hydrogen) atoms. The molecule has 3 rings (SSSR count). The first-order valence-electron chi connectivity index (χ1n) is 9.62. The molecule has 0 bridgehead atoms. The third kappa shape index (κ3) is 5.19. The number of rotatable bonds is 7. The zero-order chi connectivity index (χ0) is 21.1. The summed E-state index contributed by atoms with van der Waals surface area (Å²) in [4.78, 5) is 11.6. The van der Waals surface area contributed by atoms with Gasteiger partial charge in [0.1, 0.15) is 0 Å². The van der Waals surface area contributed by atoms with E-state index in [1.165, 1.54) is 0 Å². The first-order chi connectivity index (χ1) is 13.8. The molecule has 164 valence electrons. The van der Waals surface area contributed by atoms with E-state index in [-0.39, 0.29) is 30.4 Å². The Morgan fingerprint density at radius 3 is 2.43 bits per heavy atom. The third-order valence-corrected chi connectivity index (χ3v) is 5.61. The van der Waals surface area contributed by atoms with E-state index in [1.54, 1.807) is 20.3 Å². The number of hydrogen-bond donors (Lipinski definition) is 3. The van der Waals surface area contributed by atoms with Crippen molar-refractivity contribution in [2.75, 3.05) is 19.5 Å². The minimum Gasteiger partial charge on any atom is -0.493 e. The highest BCUT2D eigenvalue weighted by Crippen LogP contribution is 2.35. The number of aliphatic hydroxyl groups excluding tert-OH is 1. The van der Waals surface area contributed by atoms with Gasteiger partial charge in [0.15, 0.2) is 11.5 Å². The van der Waals surface area contributed by atoms with Crippen molar-refractivity contribution in [2.24, 2.45) is 0 Å². The van der Waals surface area contributed by atoms with Crippen LogP contribution in [0, 0.1) is 0 Å². The molecule has 0 aliphatic carbocycles. The van der Waals surface area contributed by atoms with Crippen LogP contribution in [-0.4, -0.2) is 31.3 Å². The zero-order valence-corrected chi connectivity index (χ0v) is 19.1. The van der Waals surface area contributed by atoms with Crippen LogP contribution in [0.5, 0.6) is 11.5 Å². The molecule has 1 heterocycles. The predicted molar refractivity (Wildman–Crippen MR) is 121 cm³/mol. The molecule has 8 heteroatoms. The smallest absolute Gasteiger partial charge is 0.224 e. The van der Waals surface area contributed by atoms with Crippen LogP contribution in [0.25, 0.3) is 0 Å². The maximum Gasteiger partial charge on any atom is 0.224 e. The fourth-order valence-corrected chi connectivity index (χ4v) is 3.93. The van der Waals surface area contributed by atoms with Crippen molar-refractivity contribution in [3.63, 3.8) is 0 Å². The van der Waals surface area contributed by atoms with E-state index in [0.717, 1.165) is 16.7 Å². The zero-order valence-electron chi connectivity index (χ0n) is 17.5. The number of hydrogen-bond acceptors (Lipinski definition) is 5. The van der Waals surface area contributed by atoms with Crippen LogP contribution in [0.15, 0.2) is 30.3 Å². The molecule has 1 aliphatic heterocycles. The third-order valence-electron chi connectivity index (χ3n) is 5.32. The highest BCUT2D eigenvalue weighted by atomic mass is 35.5. The number of benzene rings is 2. The van der Waals surface area contributed by atoms with Gasteiger partial charge in [0.05, 0.1) is 31.0 Å². The minimum absolute atomic E-state index is 0. The lowest BCUT2D eigenvalue weighted by Crippen LogP contribution is -2.34. The van der Waals surface area contributed by atoms with Gasteiger partial charge < -0.3 is 25.2 Å². The Morgan fingerprint density at radius 1 is 1.07 bits per heavy atom. The fourth-order valence-electron chi connectivity index (χ4n) is 3.64. The largest absolute Gasteiger partial charge is 0.493 e. The maximum atomic E-state index is 11.6. The van der Waals surface area contributed by atoms with Gasteiger partial charge in [0.25, 0.3) is 0 Å². The van der Waals surface area contributed by atoms with Crippen molar-refractivity contribution in [3.05, 3.63) is 52.0 Å². The van der Waals surface area contributed by atoms with E-state index in [4.69, 9.17) is 21.1 Å². The van der Waals surface area contributed by atoms with Gasteiger partial charge >= 0.3 is 0 Å². The summed E-state index contributed by atoms with van der Waals surface area (Å²) in [7, 11) is 3.21. The molecule has 0 radical (unpaired) electrons. The number of carbonyl (C=O) groups excluding carboxylic acids is 1. The second-order valence-electron chi connectivity index (χ2n) is 7.32. The van der Waals surface area contributed by atoms with Gasteiger partial charge in [-0.05, 0) is 55.2 Å². The van der Waals surface area contributed by atoms with E-state index in [0.29, 0.717) is 35.1 Å². The summed E-state index contributed by atoms with van der Waals surface area (Å²) in [6.45, 7) is 3.96. The number of carbonyl (C=O) groups is 1. The molecule has 2 aromatic rings. The maximum absolute atomic E-state index is 11.6. The fraction of sp³-hybridized carbons (Fsp3) is 0.409. The molecule has 0 saturated heterocycles. The Hall–Kier alpha value is -1.99. The lowest BCUT2D eigenvalue weighted by atomic mass is 9.95. The van der Waals surface area contributed by atoms with Crippen LogP contribution >= 0.6 is 24.0 Å². The Morgan fingerprint density at radius 2 is 1.77 bits per heavy atom. The highest BCUT2D eigenvalue weighted by molar-refractivity contribution is 6.34. The topological polar surface area (TPSA) is 79.8 Å². The molecule has 1 amide bonds. The Kier molecular flexibility index (Phi) is 8.38. The van der Waals surface area contributed by atoms with Gasteiger partial charge in [-0.3, -0.25) is 4.79 Å². The standard InChI is InChI=1S/C22H27ClN2O4.ClH/c1-12(14-5-7-18(28-3)19(11-14)29-4)24-13(2)22(27)16-9-15-6-8-20(26)25-21(15)17(23)10-16;/h5,7,9-13,22,24,27H,6,8H2,1-4H3,(H,25,26);1H. The molecule has 3 atom stereocenters. The number of ether oxygens (including phenoxy) is 2. The van der Waals surface area contributed by atoms with Gasteiger partial charge in [0, 0.05) is 18.5 Å². The van der Waals surface area contributed by atoms with E-state index in [2.05, 4.69) is 10.6 Å². The highest BCUT2D eigenvalue weighted by Gasteiger charge is 2.24. The Labute approximate surface area is 188 Å². The summed E-state index contributed by atoms with van der Waals surface area (Å²) in [6, 6.07) is 9.15. The van der Waals surface area contributed by atoms with Crippen molar-refractivity contribution >= 4 is 35.6 Å². The molecule has 0 saturated carbocycles. The number of halogens is 2. The van der Waals surface area contributed by atoms with Crippen molar-refractivity contribution in [3.8, 4) is 11.5 Å². The molecule has 0 aromatic heterocycles. The average Bonchev–Trinajstić information content (AvgIpc) is 2.72.